The smallest absolute Gasteiger partial charge is 0.308 e. The number of benzene rings is 1. The first kappa shape index (κ1) is 12.7. The van der Waals surface area contributed by atoms with Crippen molar-refractivity contribution < 1.29 is 9.90 Å². The van der Waals surface area contributed by atoms with Crippen LogP contribution in [-0.4, -0.2) is 11.1 Å². The highest BCUT2D eigenvalue weighted by atomic mass is 16.4. The van der Waals surface area contributed by atoms with E-state index >= 15 is 0 Å². The van der Waals surface area contributed by atoms with Crippen LogP contribution in [0.5, 0.6) is 0 Å². The molecule has 0 fully saturated rings. The summed E-state index contributed by atoms with van der Waals surface area (Å²) >= 11 is 0. The van der Waals surface area contributed by atoms with Crippen LogP contribution < -0.4 is 5.73 Å². The van der Waals surface area contributed by atoms with Gasteiger partial charge in [-0.15, -0.1) is 0 Å². The van der Waals surface area contributed by atoms with Gasteiger partial charge in [0.05, 0.1) is 5.92 Å². The van der Waals surface area contributed by atoms with Crippen molar-refractivity contribution in [2.45, 2.75) is 33.2 Å². The first-order valence-corrected chi connectivity index (χ1v) is 5.52. The summed E-state index contributed by atoms with van der Waals surface area (Å²) in [5.41, 5.74) is 9.15. The van der Waals surface area contributed by atoms with E-state index < -0.39 is 17.9 Å². The Bertz CT molecular complexity index is 367. The number of hydrogen-bond acceptors (Lipinski definition) is 2. The van der Waals surface area contributed by atoms with Gasteiger partial charge in [0.15, 0.2) is 0 Å². The number of rotatable bonds is 4. The Morgan fingerprint density at radius 1 is 1.31 bits per heavy atom. The number of aryl methyl sites for hydroxylation is 2. The monoisotopic (exact) mass is 221 g/mol. The van der Waals surface area contributed by atoms with Gasteiger partial charge in [-0.3, -0.25) is 4.79 Å². The summed E-state index contributed by atoms with van der Waals surface area (Å²) < 4.78 is 0. The summed E-state index contributed by atoms with van der Waals surface area (Å²) in [6, 6.07) is 5.55. The van der Waals surface area contributed by atoms with Crippen LogP contribution >= 0.6 is 0 Å². The highest BCUT2D eigenvalue weighted by molar-refractivity contribution is 5.71. The third-order valence-corrected chi connectivity index (χ3v) is 2.82. The Hall–Kier alpha value is -1.35. The van der Waals surface area contributed by atoms with E-state index in [0.717, 1.165) is 16.7 Å². The van der Waals surface area contributed by atoms with Crippen LogP contribution in [0.15, 0.2) is 18.2 Å². The molecule has 3 nitrogen and oxygen atoms in total. The van der Waals surface area contributed by atoms with Gasteiger partial charge in [0.25, 0.3) is 0 Å². The van der Waals surface area contributed by atoms with Gasteiger partial charge in [-0.05, 0) is 25.8 Å². The van der Waals surface area contributed by atoms with Gasteiger partial charge in [0.1, 0.15) is 0 Å². The Morgan fingerprint density at radius 2 is 1.81 bits per heavy atom. The van der Waals surface area contributed by atoms with Crippen molar-refractivity contribution in [3.8, 4) is 0 Å². The maximum atomic E-state index is 11.0. The molecular formula is C13H19NO2. The average molecular weight is 221 g/mol. The molecule has 0 aromatic heterocycles. The van der Waals surface area contributed by atoms with Gasteiger partial charge in [0.2, 0.25) is 0 Å². The lowest BCUT2D eigenvalue weighted by Gasteiger charge is -2.20. The van der Waals surface area contributed by atoms with Gasteiger partial charge in [-0.2, -0.15) is 0 Å². The van der Waals surface area contributed by atoms with E-state index in [1.165, 1.54) is 0 Å². The molecule has 16 heavy (non-hydrogen) atoms. The Labute approximate surface area is 96.3 Å². The Balaban J connectivity index is 3.02. The molecule has 3 heteroatoms. The molecule has 0 radical (unpaired) electrons. The molecule has 88 valence electrons. The lowest BCUT2D eigenvalue weighted by atomic mass is 9.90. The van der Waals surface area contributed by atoms with Gasteiger partial charge >= 0.3 is 5.97 Å². The van der Waals surface area contributed by atoms with E-state index in [0.29, 0.717) is 6.42 Å². The Kier molecular flexibility index (Phi) is 4.07. The maximum absolute atomic E-state index is 11.0. The molecule has 0 aliphatic heterocycles. The van der Waals surface area contributed by atoms with E-state index in [1.807, 2.05) is 32.9 Å². The molecular weight excluding hydrogens is 202 g/mol. The highest BCUT2D eigenvalue weighted by Crippen LogP contribution is 2.24. The fourth-order valence-electron chi connectivity index (χ4n) is 2.02. The molecule has 0 bridgehead atoms. The predicted molar refractivity (Wildman–Crippen MR) is 64.3 cm³/mol. The molecule has 0 aliphatic carbocycles. The normalized spacial score (nSPS) is 14.5. The van der Waals surface area contributed by atoms with Crippen molar-refractivity contribution in [2.75, 3.05) is 0 Å². The van der Waals surface area contributed by atoms with Crippen LogP contribution in [0.25, 0.3) is 0 Å². The van der Waals surface area contributed by atoms with E-state index in [-0.39, 0.29) is 0 Å². The van der Waals surface area contributed by atoms with Crippen molar-refractivity contribution in [1.82, 2.24) is 0 Å². The number of carboxylic acid groups (broad SMARTS) is 1. The van der Waals surface area contributed by atoms with Crippen molar-refractivity contribution >= 4 is 5.97 Å². The van der Waals surface area contributed by atoms with E-state index in [2.05, 4.69) is 6.07 Å². The molecule has 1 aromatic carbocycles. The first-order valence-electron chi connectivity index (χ1n) is 5.52. The van der Waals surface area contributed by atoms with Gasteiger partial charge in [-0.1, -0.05) is 36.2 Å². The SMILES string of the molecule is CCC(C(=O)O)C(N)c1cc(C)cc(C)c1. The van der Waals surface area contributed by atoms with Crippen molar-refractivity contribution in [1.29, 1.82) is 0 Å². The molecule has 0 amide bonds. The van der Waals surface area contributed by atoms with Crippen LogP contribution in [0, 0.1) is 19.8 Å². The zero-order chi connectivity index (χ0) is 12.3. The second-order valence-corrected chi connectivity index (χ2v) is 4.30. The Morgan fingerprint density at radius 3 is 2.19 bits per heavy atom. The number of hydrogen-bond donors (Lipinski definition) is 2. The minimum atomic E-state index is -0.825. The lowest BCUT2D eigenvalue weighted by Crippen LogP contribution is -2.27. The largest absolute Gasteiger partial charge is 0.481 e. The summed E-state index contributed by atoms with van der Waals surface area (Å²) in [6.45, 7) is 5.83. The average Bonchev–Trinajstić information content (AvgIpc) is 2.16. The molecule has 3 N–H and O–H groups in total. The van der Waals surface area contributed by atoms with Crippen LogP contribution in [0.1, 0.15) is 36.1 Å². The van der Waals surface area contributed by atoms with Crippen LogP contribution in [-0.2, 0) is 4.79 Å². The van der Waals surface area contributed by atoms with Crippen molar-refractivity contribution in [3.63, 3.8) is 0 Å². The fourth-order valence-corrected chi connectivity index (χ4v) is 2.02. The number of aliphatic carboxylic acids is 1. The predicted octanol–water partition coefficient (Wildman–Crippen LogP) is 2.41. The quantitative estimate of drug-likeness (QED) is 0.820. The molecule has 2 unspecified atom stereocenters. The number of carbonyl (C=O) groups is 1. The van der Waals surface area contributed by atoms with Crippen LogP contribution in [0.2, 0.25) is 0 Å². The number of carboxylic acids is 1. The summed E-state index contributed by atoms with van der Waals surface area (Å²) in [4.78, 5) is 11.0. The van der Waals surface area contributed by atoms with E-state index in [4.69, 9.17) is 10.8 Å². The van der Waals surface area contributed by atoms with Crippen LogP contribution in [0.4, 0.5) is 0 Å². The highest BCUT2D eigenvalue weighted by Gasteiger charge is 2.24. The zero-order valence-electron chi connectivity index (χ0n) is 10.0. The van der Waals surface area contributed by atoms with E-state index in [1.54, 1.807) is 0 Å². The first-order chi connectivity index (χ1) is 7.45. The van der Waals surface area contributed by atoms with Crippen molar-refractivity contribution in [2.24, 2.45) is 11.7 Å². The molecule has 2 atom stereocenters. The second-order valence-electron chi connectivity index (χ2n) is 4.30. The molecule has 1 rings (SSSR count). The molecule has 0 aliphatic rings. The summed E-state index contributed by atoms with van der Waals surface area (Å²) in [5, 5.41) is 9.06. The number of nitrogens with two attached hydrogens (primary N) is 1. The van der Waals surface area contributed by atoms with Crippen molar-refractivity contribution in [3.05, 3.63) is 34.9 Å². The van der Waals surface area contributed by atoms with E-state index in [9.17, 15) is 4.79 Å². The second kappa shape index (κ2) is 5.12. The summed E-state index contributed by atoms with van der Waals surface area (Å²) in [5.74, 6) is -1.34. The van der Waals surface area contributed by atoms with Gasteiger partial charge in [0, 0.05) is 6.04 Å². The third kappa shape index (κ3) is 2.83. The van der Waals surface area contributed by atoms with Gasteiger partial charge in [-0.25, -0.2) is 0 Å². The molecule has 0 heterocycles. The minimum Gasteiger partial charge on any atom is -0.481 e. The maximum Gasteiger partial charge on any atom is 0.308 e. The molecule has 1 aromatic rings. The van der Waals surface area contributed by atoms with Gasteiger partial charge < -0.3 is 10.8 Å². The lowest BCUT2D eigenvalue weighted by molar-refractivity contribution is -0.142. The third-order valence-electron chi connectivity index (χ3n) is 2.82. The molecule has 0 saturated heterocycles. The standard InChI is InChI=1S/C13H19NO2/c1-4-11(13(15)16)12(14)10-6-8(2)5-9(3)7-10/h5-7,11-12H,4,14H2,1-3H3,(H,15,16). The summed E-state index contributed by atoms with van der Waals surface area (Å²) in [6.07, 6.45) is 0.545. The van der Waals surface area contributed by atoms with Crippen LogP contribution in [0.3, 0.4) is 0 Å². The topological polar surface area (TPSA) is 63.3 Å². The molecule has 0 saturated carbocycles. The molecule has 0 spiro atoms. The zero-order valence-corrected chi connectivity index (χ0v) is 10.0. The fraction of sp³-hybridized carbons (Fsp3) is 0.462. The minimum absolute atomic E-state index is 0.430. The summed E-state index contributed by atoms with van der Waals surface area (Å²) in [7, 11) is 0.